The summed E-state index contributed by atoms with van der Waals surface area (Å²) in [5.74, 6) is 0. The van der Waals surface area contributed by atoms with Gasteiger partial charge < -0.3 is 29.6 Å². The van der Waals surface area contributed by atoms with Gasteiger partial charge in [-0.05, 0) is 13.8 Å². The molecule has 1 saturated heterocycles. The Morgan fingerprint density at radius 2 is 2.12 bits per heavy atom. The molecule has 1 amide bonds. The largest absolute Gasteiger partial charge is 0.447 e. The second kappa shape index (κ2) is 6.41. The molecule has 7 nitrogen and oxygen atoms in total. The minimum absolute atomic E-state index is 0.281. The van der Waals surface area contributed by atoms with E-state index in [4.69, 9.17) is 14.0 Å². The van der Waals surface area contributed by atoms with Gasteiger partial charge in [0.25, 0.3) is 0 Å². The van der Waals surface area contributed by atoms with Crippen LogP contribution in [0.4, 0.5) is 4.79 Å². The van der Waals surface area contributed by atoms with Gasteiger partial charge in [-0.15, -0.1) is 0 Å². The highest BCUT2D eigenvalue weighted by molar-refractivity contribution is 7.95. The zero-order valence-electron chi connectivity index (χ0n) is 9.57. The predicted molar refractivity (Wildman–Crippen MR) is 60.1 cm³/mol. The molecule has 1 fully saturated rings. The van der Waals surface area contributed by atoms with Gasteiger partial charge in [0.05, 0.1) is 12.7 Å². The van der Waals surface area contributed by atoms with Gasteiger partial charge in [-0.2, -0.15) is 0 Å². The Hall–Kier alpha value is -0.540. The van der Waals surface area contributed by atoms with Crippen LogP contribution in [-0.4, -0.2) is 57.8 Å². The molecule has 0 aliphatic carbocycles. The van der Waals surface area contributed by atoms with E-state index < -0.39 is 36.4 Å². The molecule has 17 heavy (non-hydrogen) atoms. The molecule has 0 aromatic heterocycles. The fraction of sp³-hybridized carbons (Fsp3) is 0.889. The van der Waals surface area contributed by atoms with Gasteiger partial charge in [-0.3, -0.25) is 0 Å². The van der Waals surface area contributed by atoms with E-state index in [-0.39, 0.29) is 6.10 Å². The lowest BCUT2D eigenvalue weighted by Gasteiger charge is -2.35. The van der Waals surface area contributed by atoms with Crippen LogP contribution >= 0.6 is 12.0 Å². The Balaban J connectivity index is 2.48. The lowest BCUT2D eigenvalue weighted by molar-refractivity contribution is -0.0760. The van der Waals surface area contributed by atoms with Crippen molar-refractivity contribution in [1.29, 1.82) is 0 Å². The van der Waals surface area contributed by atoms with E-state index in [1.165, 1.54) is 0 Å². The molecule has 8 heteroatoms. The van der Waals surface area contributed by atoms with E-state index in [0.29, 0.717) is 0 Å². The standard InChI is InChI=1S/C9H17NO6S/c1-4(2)15-9(14)10-8-7(13)6(12)5(3-11)16-17-8/h4-8,11-13H,3H2,1-2H3,(H,10,14)/t5-,6-,7+,8?/m1/s1. The molecule has 0 saturated carbocycles. The maximum atomic E-state index is 11.3. The maximum absolute atomic E-state index is 11.3. The van der Waals surface area contributed by atoms with Crippen LogP contribution in [0, 0.1) is 0 Å². The summed E-state index contributed by atoms with van der Waals surface area (Å²) >= 11 is 0.781. The number of rotatable bonds is 3. The minimum atomic E-state index is -1.26. The number of carbonyl (C=O) groups excluding carboxylic acids is 1. The number of alkyl carbamates (subject to hydrolysis) is 1. The van der Waals surface area contributed by atoms with Crippen LogP contribution in [0.5, 0.6) is 0 Å². The van der Waals surface area contributed by atoms with Crippen molar-refractivity contribution in [2.45, 2.75) is 43.6 Å². The Labute approximate surface area is 103 Å². The predicted octanol–water partition coefficient (Wildman–Crippen LogP) is -0.792. The first-order valence-electron chi connectivity index (χ1n) is 5.22. The van der Waals surface area contributed by atoms with Crippen LogP contribution in [0.3, 0.4) is 0 Å². The number of hydrogen-bond donors (Lipinski definition) is 4. The van der Waals surface area contributed by atoms with E-state index in [0.717, 1.165) is 12.0 Å². The van der Waals surface area contributed by atoms with Crippen LogP contribution in [0.2, 0.25) is 0 Å². The van der Waals surface area contributed by atoms with E-state index in [2.05, 4.69) is 5.32 Å². The maximum Gasteiger partial charge on any atom is 0.408 e. The first-order valence-corrected chi connectivity index (χ1v) is 6.02. The fourth-order valence-electron chi connectivity index (χ4n) is 1.26. The average Bonchev–Trinajstić information content (AvgIpc) is 2.24. The van der Waals surface area contributed by atoms with Crippen molar-refractivity contribution in [2.24, 2.45) is 0 Å². The highest BCUT2D eigenvalue weighted by atomic mass is 32.2. The minimum Gasteiger partial charge on any atom is -0.447 e. The normalized spacial score (nSPS) is 33.5. The topological polar surface area (TPSA) is 108 Å². The van der Waals surface area contributed by atoms with E-state index >= 15 is 0 Å². The fourth-order valence-corrected chi connectivity index (χ4v) is 2.11. The quantitative estimate of drug-likeness (QED) is 0.496. The first-order chi connectivity index (χ1) is 7.95. The van der Waals surface area contributed by atoms with Gasteiger partial charge in [0, 0.05) is 12.0 Å². The summed E-state index contributed by atoms with van der Waals surface area (Å²) in [4.78, 5) is 11.3. The summed E-state index contributed by atoms with van der Waals surface area (Å²) in [6.45, 7) is 2.97. The summed E-state index contributed by atoms with van der Waals surface area (Å²) in [5, 5.41) is 29.6. The molecule has 1 unspecified atom stereocenters. The molecule has 1 aliphatic heterocycles. The van der Waals surface area contributed by atoms with Crippen molar-refractivity contribution >= 4 is 18.1 Å². The van der Waals surface area contributed by atoms with Gasteiger partial charge in [0.1, 0.15) is 23.7 Å². The second-order valence-corrected chi connectivity index (χ2v) is 4.81. The number of aliphatic hydroxyl groups is 3. The molecule has 100 valence electrons. The van der Waals surface area contributed by atoms with Crippen molar-refractivity contribution in [3.63, 3.8) is 0 Å². The van der Waals surface area contributed by atoms with Crippen LogP contribution in [0.1, 0.15) is 13.8 Å². The lowest BCUT2D eigenvalue weighted by atomic mass is 10.1. The van der Waals surface area contributed by atoms with Gasteiger partial charge in [0.2, 0.25) is 0 Å². The molecule has 0 radical (unpaired) electrons. The van der Waals surface area contributed by atoms with E-state index in [9.17, 15) is 15.0 Å². The highest BCUT2D eigenvalue weighted by Crippen LogP contribution is 2.27. The summed E-state index contributed by atoms with van der Waals surface area (Å²) in [7, 11) is 0. The van der Waals surface area contributed by atoms with Crippen LogP contribution in [0.15, 0.2) is 0 Å². The number of hydrogen-bond acceptors (Lipinski definition) is 7. The highest BCUT2D eigenvalue weighted by Gasteiger charge is 2.40. The molecule has 4 N–H and O–H groups in total. The molecule has 0 aromatic carbocycles. The van der Waals surface area contributed by atoms with Gasteiger partial charge >= 0.3 is 6.09 Å². The van der Waals surface area contributed by atoms with Crippen molar-refractivity contribution < 1.29 is 29.0 Å². The third-order valence-electron chi connectivity index (χ3n) is 2.11. The number of nitrogens with one attached hydrogen (secondary N) is 1. The van der Waals surface area contributed by atoms with Gasteiger partial charge in [-0.25, -0.2) is 4.79 Å². The zero-order chi connectivity index (χ0) is 13.0. The van der Waals surface area contributed by atoms with Crippen molar-refractivity contribution in [2.75, 3.05) is 6.61 Å². The molecule has 1 rings (SSSR count). The van der Waals surface area contributed by atoms with Crippen molar-refractivity contribution in [3.05, 3.63) is 0 Å². The third kappa shape index (κ3) is 4.00. The SMILES string of the molecule is CC(C)OC(=O)NC1SO[C@H](CO)[C@@H](O)[C@@H]1O. The summed E-state index contributed by atoms with van der Waals surface area (Å²) < 4.78 is 9.84. The number of carbonyl (C=O) groups is 1. The van der Waals surface area contributed by atoms with Crippen LogP contribution in [0.25, 0.3) is 0 Å². The molecule has 0 spiro atoms. The van der Waals surface area contributed by atoms with Crippen molar-refractivity contribution in [3.8, 4) is 0 Å². The molecule has 1 heterocycles. The second-order valence-electron chi connectivity index (χ2n) is 3.91. The monoisotopic (exact) mass is 267 g/mol. The summed E-state index contributed by atoms with van der Waals surface area (Å²) in [5.41, 5.74) is 0. The van der Waals surface area contributed by atoms with E-state index in [1.807, 2.05) is 0 Å². The Morgan fingerprint density at radius 1 is 1.47 bits per heavy atom. The number of amides is 1. The molecular formula is C9H17NO6S. The smallest absolute Gasteiger partial charge is 0.408 e. The van der Waals surface area contributed by atoms with Gasteiger partial charge in [0.15, 0.2) is 0 Å². The summed E-state index contributed by atoms with van der Waals surface area (Å²) in [6, 6.07) is 0. The molecule has 1 aliphatic rings. The third-order valence-corrected chi connectivity index (χ3v) is 3.07. The van der Waals surface area contributed by atoms with Crippen LogP contribution in [-0.2, 0) is 8.92 Å². The zero-order valence-corrected chi connectivity index (χ0v) is 10.4. The van der Waals surface area contributed by atoms with Gasteiger partial charge in [-0.1, -0.05) is 0 Å². The Bertz CT molecular complexity index is 264. The molecule has 4 atom stereocenters. The Kier molecular flexibility index (Phi) is 5.47. The number of aliphatic hydroxyl groups excluding tert-OH is 3. The van der Waals surface area contributed by atoms with E-state index in [1.54, 1.807) is 13.8 Å². The Morgan fingerprint density at radius 3 is 2.65 bits per heavy atom. The van der Waals surface area contributed by atoms with Crippen molar-refractivity contribution in [1.82, 2.24) is 5.32 Å². The molecular weight excluding hydrogens is 250 g/mol. The average molecular weight is 267 g/mol. The summed E-state index contributed by atoms with van der Waals surface area (Å²) in [6.07, 6.45) is -4.34. The number of ether oxygens (including phenoxy) is 1. The van der Waals surface area contributed by atoms with Crippen LogP contribution < -0.4 is 5.32 Å². The lowest BCUT2D eigenvalue weighted by Crippen LogP contribution is -2.55. The molecule has 0 bridgehead atoms. The first kappa shape index (κ1) is 14.5. The molecule has 0 aromatic rings.